The van der Waals surface area contributed by atoms with Crippen LogP contribution in [0.2, 0.25) is 0 Å². The third-order valence-electron chi connectivity index (χ3n) is 5.59. The molecule has 0 radical (unpaired) electrons. The van der Waals surface area contributed by atoms with Gasteiger partial charge in [-0.05, 0) is 25.0 Å². The molecule has 3 aliphatic rings. The number of ether oxygens (including phenoxy) is 3. The van der Waals surface area contributed by atoms with Gasteiger partial charge in [0, 0.05) is 12.8 Å². The first-order chi connectivity index (χ1) is 12.5. The van der Waals surface area contributed by atoms with Crippen LogP contribution in [-0.2, 0) is 14.2 Å². The van der Waals surface area contributed by atoms with E-state index in [0.29, 0.717) is 18.4 Å². The van der Waals surface area contributed by atoms with E-state index in [4.69, 9.17) is 14.2 Å². The molecular formula is C19H24O7. The van der Waals surface area contributed by atoms with Crippen molar-refractivity contribution in [2.24, 2.45) is 0 Å². The molecule has 1 aromatic rings. The molecule has 1 spiro atoms. The van der Waals surface area contributed by atoms with E-state index >= 15 is 0 Å². The molecule has 7 nitrogen and oxygen atoms in total. The van der Waals surface area contributed by atoms with E-state index in [1.54, 1.807) is 30.3 Å². The van der Waals surface area contributed by atoms with E-state index in [2.05, 4.69) is 0 Å². The second-order valence-electron chi connectivity index (χ2n) is 7.34. The fourth-order valence-corrected chi connectivity index (χ4v) is 4.19. The van der Waals surface area contributed by atoms with Gasteiger partial charge in [-0.2, -0.15) is 0 Å². The van der Waals surface area contributed by atoms with Crippen molar-refractivity contribution >= 4 is 5.97 Å². The third-order valence-corrected chi connectivity index (χ3v) is 5.59. The van der Waals surface area contributed by atoms with Crippen LogP contribution in [0.25, 0.3) is 0 Å². The lowest BCUT2D eigenvalue weighted by Crippen LogP contribution is -2.63. The van der Waals surface area contributed by atoms with Crippen molar-refractivity contribution in [2.75, 3.05) is 0 Å². The zero-order chi connectivity index (χ0) is 18.3. The van der Waals surface area contributed by atoms with Crippen molar-refractivity contribution in [3.63, 3.8) is 0 Å². The lowest BCUT2D eigenvalue weighted by Gasteiger charge is -2.40. The average Bonchev–Trinajstić information content (AvgIpc) is 3.03. The Morgan fingerprint density at radius 1 is 0.923 bits per heavy atom. The quantitative estimate of drug-likeness (QED) is 0.665. The SMILES string of the molecule is O=C(O[C@H]1[C@@H](O)[C@H](O)[C@@H](O)[C@@H]2OC3(CCCCC3)O[C@@H]21)c1ccccc1. The highest BCUT2D eigenvalue weighted by molar-refractivity contribution is 5.89. The van der Waals surface area contributed by atoms with Crippen LogP contribution >= 0.6 is 0 Å². The summed E-state index contributed by atoms with van der Waals surface area (Å²) < 4.78 is 17.6. The molecule has 3 fully saturated rings. The summed E-state index contributed by atoms with van der Waals surface area (Å²) in [5.74, 6) is -1.46. The summed E-state index contributed by atoms with van der Waals surface area (Å²) in [6.07, 6.45) is -2.71. The number of aliphatic hydroxyl groups is 3. The smallest absolute Gasteiger partial charge is 0.338 e. The van der Waals surface area contributed by atoms with Gasteiger partial charge in [-0.1, -0.05) is 24.6 Å². The van der Waals surface area contributed by atoms with Crippen molar-refractivity contribution in [1.29, 1.82) is 0 Å². The molecule has 7 heteroatoms. The van der Waals surface area contributed by atoms with Gasteiger partial charge >= 0.3 is 5.97 Å². The molecule has 2 saturated carbocycles. The van der Waals surface area contributed by atoms with Crippen LogP contribution in [0.4, 0.5) is 0 Å². The summed E-state index contributed by atoms with van der Waals surface area (Å²) in [6.45, 7) is 0. The number of rotatable bonds is 2. The van der Waals surface area contributed by atoms with Crippen molar-refractivity contribution in [2.45, 2.75) is 74.5 Å². The van der Waals surface area contributed by atoms with E-state index in [-0.39, 0.29) is 0 Å². The van der Waals surface area contributed by atoms with E-state index in [9.17, 15) is 20.1 Å². The van der Waals surface area contributed by atoms with E-state index < -0.39 is 48.4 Å². The molecule has 2 aliphatic carbocycles. The minimum absolute atomic E-state index is 0.336. The molecule has 0 unspecified atom stereocenters. The summed E-state index contributed by atoms with van der Waals surface area (Å²) in [5.41, 5.74) is 0.336. The molecule has 1 saturated heterocycles. The van der Waals surface area contributed by atoms with Gasteiger partial charge in [0.2, 0.25) is 0 Å². The van der Waals surface area contributed by atoms with Crippen molar-refractivity contribution in [3.05, 3.63) is 35.9 Å². The predicted molar refractivity (Wildman–Crippen MR) is 89.2 cm³/mol. The molecular weight excluding hydrogens is 340 g/mol. The lowest BCUT2D eigenvalue weighted by atomic mass is 9.85. The normalized spacial score (nSPS) is 38.7. The Morgan fingerprint density at radius 2 is 1.58 bits per heavy atom. The molecule has 0 aromatic heterocycles. The van der Waals surface area contributed by atoms with Crippen LogP contribution < -0.4 is 0 Å². The summed E-state index contributed by atoms with van der Waals surface area (Å²) in [6, 6.07) is 8.41. The second kappa shape index (κ2) is 6.90. The van der Waals surface area contributed by atoms with E-state index in [1.807, 2.05) is 0 Å². The Hall–Kier alpha value is -1.51. The molecule has 26 heavy (non-hydrogen) atoms. The minimum Gasteiger partial charge on any atom is -0.453 e. The largest absolute Gasteiger partial charge is 0.453 e. The molecule has 142 valence electrons. The molecule has 0 bridgehead atoms. The van der Waals surface area contributed by atoms with Crippen LogP contribution in [0.5, 0.6) is 0 Å². The standard InChI is InChI=1S/C19H24O7/c20-12-13(21)15(24-18(23)11-7-3-1-4-8-11)17-16(14(12)22)25-19(26-17)9-5-2-6-10-19/h1,3-4,7-8,12-17,20-22H,2,5-6,9-10H2/t12-,13-,14+,15-,16-,17+/m0/s1. The van der Waals surface area contributed by atoms with Crippen molar-refractivity contribution < 1.29 is 34.3 Å². The van der Waals surface area contributed by atoms with Crippen LogP contribution in [0.15, 0.2) is 30.3 Å². The molecule has 1 heterocycles. The number of hydrogen-bond acceptors (Lipinski definition) is 7. The van der Waals surface area contributed by atoms with Crippen LogP contribution in [0, 0.1) is 0 Å². The predicted octanol–water partition coefficient (Wildman–Crippen LogP) is 0.753. The first-order valence-corrected chi connectivity index (χ1v) is 9.17. The van der Waals surface area contributed by atoms with Gasteiger partial charge in [-0.25, -0.2) is 4.79 Å². The third kappa shape index (κ3) is 3.04. The molecule has 0 amide bonds. The zero-order valence-electron chi connectivity index (χ0n) is 14.4. The first kappa shape index (κ1) is 17.9. The fraction of sp³-hybridized carbons (Fsp3) is 0.632. The van der Waals surface area contributed by atoms with Gasteiger partial charge in [0.1, 0.15) is 30.5 Å². The summed E-state index contributed by atoms with van der Waals surface area (Å²) in [4.78, 5) is 12.4. The van der Waals surface area contributed by atoms with Gasteiger partial charge in [0.05, 0.1) is 5.56 Å². The Bertz CT molecular complexity index is 643. The maximum atomic E-state index is 12.4. The van der Waals surface area contributed by atoms with E-state index in [0.717, 1.165) is 19.3 Å². The van der Waals surface area contributed by atoms with Gasteiger partial charge in [-0.15, -0.1) is 0 Å². The summed E-state index contributed by atoms with van der Waals surface area (Å²) in [7, 11) is 0. The van der Waals surface area contributed by atoms with Crippen molar-refractivity contribution in [3.8, 4) is 0 Å². The summed E-state index contributed by atoms with van der Waals surface area (Å²) in [5, 5.41) is 31.0. The topological polar surface area (TPSA) is 105 Å². The summed E-state index contributed by atoms with van der Waals surface area (Å²) >= 11 is 0. The van der Waals surface area contributed by atoms with Crippen LogP contribution in [0.1, 0.15) is 42.5 Å². The van der Waals surface area contributed by atoms with Gasteiger partial charge in [-0.3, -0.25) is 0 Å². The molecule has 1 aromatic carbocycles. The Balaban J connectivity index is 1.57. The molecule has 3 N–H and O–H groups in total. The van der Waals surface area contributed by atoms with Gasteiger partial charge < -0.3 is 29.5 Å². The fourth-order valence-electron chi connectivity index (χ4n) is 4.19. The number of fused-ring (bicyclic) bond motifs is 1. The highest BCUT2D eigenvalue weighted by atomic mass is 16.8. The highest BCUT2D eigenvalue weighted by Gasteiger charge is 2.61. The second-order valence-corrected chi connectivity index (χ2v) is 7.34. The van der Waals surface area contributed by atoms with Gasteiger partial charge in [0.25, 0.3) is 0 Å². The van der Waals surface area contributed by atoms with Crippen molar-refractivity contribution in [1.82, 2.24) is 0 Å². The number of esters is 1. The Kier molecular flexibility index (Phi) is 4.75. The molecule has 1 aliphatic heterocycles. The Labute approximate surface area is 151 Å². The monoisotopic (exact) mass is 364 g/mol. The average molecular weight is 364 g/mol. The Morgan fingerprint density at radius 3 is 2.27 bits per heavy atom. The van der Waals surface area contributed by atoms with E-state index in [1.165, 1.54) is 0 Å². The number of hydrogen-bond donors (Lipinski definition) is 3. The van der Waals surface area contributed by atoms with Gasteiger partial charge in [0.15, 0.2) is 11.9 Å². The van der Waals surface area contributed by atoms with Crippen LogP contribution in [0.3, 0.4) is 0 Å². The number of aliphatic hydroxyl groups excluding tert-OH is 3. The first-order valence-electron chi connectivity index (χ1n) is 9.17. The number of carbonyl (C=O) groups excluding carboxylic acids is 1. The number of carbonyl (C=O) groups is 1. The molecule has 4 rings (SSSR count). The maximum absolute atomic E-state index is 12.4. The zero-order valence-corrected chi connectivity index (χ0v) is 14.4. The lowest BCUT2D eigenvalue weighted by molar-refractivity contribution is -0.203. The highest BCUT2D eigenvalue weighted by Crippen LogP contribution is 2.45. The maximum Gasteiger partial charge on any atom is 0.338 e. The molecule has 6 atom stereocenters. The van der Waals surface area contributed by atoms with Crippen LogP contribution in [-0.4, -0.2) is 63.7 Å². The minimum atomic E-state index is -1.48. The number of benzene rings is 1.